The Labute approximate surface area is 307 Å². The minimum absolute atomic E-state index is 0. The van der Waals surface area contributed by atoms with Crippen LogP contribution in [0.2, 0.25) is 0 Å². The smallest absolute Gasteiger partial charge is 0.493 e. The Morgan fingerprint density at radius 3 is 1.42 bits per heavy atom. The van der Waals surface area contributed by atoms with Crippen LogP contribution in [0.1, 0.15) is 159 Å². The van der Waals surface area contributed by atoms with E-state index in [1.54, 1.807) is 4.70 Å². The van der Waals surface area contributed by atoms with Crippen LogP contribution in [0.3, 0.4) is 0 Å². The number of aryl methyl sites for hydroxylation is 4. The van der Waals surface area contributed by atoms with E-state index < -0.39 is 0 Å². The Balaban J connectivity index is 0.00000293. The van der Waals surface area contributed by atoms with E-state index in [0.717, 1.165) is 82.0 Å². The summed E-state index contributed by atoms with van der Waals surface area (Å²) in [6.07, 6.45) is 24.9. The molecule has 0 fully saturated rings. The maximum absolute atomic E-state index is 12.2. The molecule has 2 aromatic rings. The summed E-state index contributed by atoms with van der Waals surface area (Å²) in [6.45, 7) is 24.2. The van der Waals surface area contributed by atoms with Gasteiger partial charge >= 0.3 is 16.5 Å². The van der Waals surface area contributed by atoms with Crippen molar-refractivity contribution in [3.8, 4) is 0 Å². The molecule has 48 heavy (non-hydrogen) atoms. The Hall–Kier alpha value is -2.51. The number of nitrogens with zero attached hydrogens (tertiary/aromatic N) is 2. The predicted molar refractivity (Wildman–Crippen MR) is 210 cm³/mol. The Morgan fingerprint density at radius 2 is 1.02 bits per heavy atom. The van der Waals surface area contributed by atoms with E-state index in [0.29, 0.717) is 0 Å². The second-order valence-corrected chi connectivity index (χ2v) is 12.6. The number of unbranched alkanes of at least 4 members (excludes halogenated alkanes) is 3. The van der Waals surface area contributed by atoms with Gasteiger partial charge in [0.1, 0.15) is 0 Å². The fourth-order valence-corrected chi connectivity index (χ4v) is 5.98. The second-order valence-electron chi connectivity index (χ2n) is 12.6. The molecule has 0 saturated carbocycles. The van der Waals surface area contributed by atoms with Gasteiger partial charge in [0.05, 0.1) is 0 Å². The van der Waals surface area contributed by atoms with Crippen molar-refractivity contribution in [1.29, 1.82) is 0 Å². The zero-order valence-electron chi connectivity index (χ0n) is 32.0. The normalized spacial score (nSPS) is 12.8. The first-order chi connectivity index (χ1) is 22.8. The van der Waals surface area contributed by atoms with Crippen molar-refractivity contribution in [3.05, 3.63) is 125 Å². The first kappa shape index (κ1) is 45.5. The van der Waals surface area contributed by atoms with E-state index in [1.165, 1.54) is 70.2 Å². The van der Waals surface area contributed by atoms with Gasteiger partial charge in [0.25, 0.3) is 0 Å². The monoisotopic (exact) mass is 694 g/mol. The van der Waals surface area contributed by atoms with Gasteiger partial charge in [0, 0.05) is 22.3 Å². The molecule has 3 heteroatoms. The summed E-state index contributed by atoms with van der Waals surface area (Å²) in [6, 6.07) is 14.0. The quantitative estimate of drug-likeness (QED) is 0.0681. The number of hydrogen-bond acceptors (Lipinski definition) is 0. The summed E-state index contributed by atoms with van der Waals surface area (Å²) in [4.78, 5) is 0. The summed E-state index contributed by atoms with van der Waals surface area (Å²) in [7, 11) is 0. The molecule has 0 saturated heterocycles. The molecule has 0 N–H and O–H groups in total. The third kappa shape index (κ3) is 14.5. The average molecular weight is 696 g/mol. The first-order valence-corrected chi connectivity index (χ1v) is 18.8. The standard InChI is InChI=1S/C39H54N2.2C3H7.Ni/c1-7-12-17-21-33-26-24-31(19-14-9-3)28-36(33)38-30(6)35(23-16-11-5)39(41(38)40)37-29-32(20-15-10-4)25-27-34(37)22-18-13-8-2;2*1-3-2;/h7-8,12-13,24-29H,9-11,14-23H2,1-6H3;2*1,3H2,2H3;/q;2*-1;+2. The third-order valence-corrected chi connectivity index (χ3v) is 8.43. The van der Waals surface area contributed by atoms with Crippen LogP contribution in [0.4, 0.5) is 0 Å². The summed E-state index contributed by atoms with van der Waals surface area (Å²) in [5.41, 5.74) is 24.5. The Kier molecular flexibility index (Phi) is 25.9. The molecule has 2 aromatic carbocycles. The minimum Gasteiger partial charge on any atom is -0.493 e. The molecule has 0 amide bonds. The van der Waals surface area contributed by atoms with Gasteiger partial charge in [-0.2, -0.15) is 12.8 Å². The van der Waals surface area contributed by atoms with Crippen molar-refractivity contribution in [3.63, 3.8) is 0 Å². The van der Waals surface area contributed by atoms with E-state index in [1.807, 2.05) is 13.8 Å². The van der Waals surface area contributed by atoms with E-state index in [2.05, 4.69) is 116 Å². The van der Waals surface area contributed by atoms with E-state index in [-0.39, 0.29) is 16.5 Å². The maximum Gasteiger partial charge on any atom is 2.00 e. The van der Waals surface area contributed by atoms with Gasteiger partial charge in [-0.3, -0.25) is 0 Å². The first-order valence-electron chi connectivity index (χ1n) is 18.8. The molecule has 1 aliphatic rings. The van der Waals surface area contributed by atoms with Crippen molar-refractivity contribution >= 4 is 11.4 Å². The van der Waals surface area contributed by atoms with Crippen LogP contribution in [0.5, 0.6) is 0 Å². The number of rotatable bonds is 17. The van der Waals surface area contributed by atoms with Crippen LogP contribution in [0, 0.1) is 13.8 Å². The molecule has 1 heterocycles. The second kappa shape index (κ2) is 27.3. The molecule has 268 valence electrons. The summed E-state index contributed by atoms with van der Waals surface area (Å²) in [5, 5.41) is 0. The van der Waals surface area contributed by atoms with Crippen LogP contribution in [-0.4, -0.2) is 4.70 Å². The van der Waals surface area contributed by atoms with Gasteiger partial charge in [-0.25, -0.2) is 4.70 Å². The van der Waals surface area contributed by atoms with Crippen LogP contribution in [0.15, 0.2) is 71.8 Å². The molecule has 3 rings (SSSR count). The van der Waals surface area contributed by atoms with Crippen molar-refractivity contribution in [2.45, 2.75) is 152 Å². The summed E-state index contributed by atoms with van der Waals surface area (Å²) < 4.78 is 1.58. The molecular formula is C45H68N2Ni. The average Bonchev–Trinajstić information content (AvgIpc) is 3.31. The molecule has 0 aliphatic carbocycles. The van der Waals surface area contributed by atoms with Gasteiger partial charge in [-0.15, -0.1) is 0 Å². The van der Waals surface area contributed by atoms with Gasteiger partial charge in [0.15, 0.2) is 0 Å². The van der Waals surface area contributed by atoms with Crippen molar-refractivity contribution < 1.29 is 21.2 Å². The SMILES string of the molecule is CC=CCCc1ccc(CCCC)cc1C1=C(C)C(CCCC)=C(c2cc(CCCC)ccc2CCC=CC)[N+]1=[N-].[CH2-]CC.[CH2-]CC.[Ni+2]. The van der Waals surface area contributed by atoms with Crippen molar-refractivity contribution in [2.24, 2.45) is 0 Å². The van der Waals surface area contributed by atoms with Crippen molar-refractivity contribution in [2.75, 3.05) is 0 Å². The molecule has 0 radical (unpaired) electrons. The largest absolute Gasteiger partial charge is 2.00 e. The van der Waals surface area contributed by atoms with E-state index >= 15 is 0 Å². The van der Waals surface area contributed by atoms with Crippen LogP contribution in [0.25, 0.3) is 16.9 Å². The molecule has 0 bridgehead atoms. The molecule has 0 atom stereocenters. The van der Waals surface area contributed by atoms with Gasteiger partial charge < -0.3 is 19.4 Å². The summed E-state index contributed by atoms with van der Waals surface area (Å²) in [5.74, 6) is 0. The Bertz CT molecular complexity index is 1320. The van der Waals surface area contributed by atoms with E-state index in [4.69, 9.17) is 0 Å². The predicted octanol–water partition coefficient (Wildman–Crippen LogP) is 14.2. The maximum atomic E-state index is 12.2. The number of hydrogen-bond donors (Lipinski definition) is 0. The zero-order chi connectivity index (χ0) is 35.0. The zero-order valence-corrected chi connectivity index (χ0v) is 33.0. The van der Waals surface area contributed by atoms with Gasteiger partial charge in [0.2, 0.25) is 11.4 Å². The molecular weight excluding hydrogens is 627 g/mol. The van der Waals surface area contributed by atoms with E-state index in [9.17, 15) is 5.53 Å². The van der Waals surface area contributed by atoms with Crippen LogP contribution >= 0.6 is 0 Å². The van der Waals surface area contributed by atoms with Crippen LogP contribution in [-0.2, 0) is 42.2 Å². The van der Waals surface area contributed by atoms with Crippen LogP contribution < -0.4 is 0 Å². The third-order valence-electron chi connectivity index (χ3n) is 8.43. The minimum atomic E-state index is 0. The molecule has 1 aliphatic heterocycles. The Morgan fingerprint density at radius 1 is 0.625 bits per heavy atom. The molecule has 0 aromatic heterocycles. The van der Waals surface area contributed by atoms with Gasteiger partial charge in [-0.05, 0) is 119 Å². The molecule has 0 spiro atoms. The molecule has 0 unspecified atom stereocenters. The van der Waals surface area contributed by atoms with Gasteiger partial charge in [-0.1, -0.05) is 102 Å². The van der Waals surface area contributed by atoms with Crippen molar-refractivity contribution in [1.82, 2.24) is 0 Å². The number of benzene rings is 2. The summed E-state index contributed by atoms with van der Waals surface area (Å²) >= 11 is 0. The fraction of sp³-hybridized carbons (Fsp3) is 0.511. The fourth-order valence-electron chi connectivity index (χ4n) is 5.98. The molecule has 2 nitrogen and oxygen atoms in total. The topological polar surface area (TPSA) is 25.3 Å². The number of allylic oxidation sites excluding steroid dienone is 6.